The minimum absolute atomic E-state index is 0.0920. The maximum atomic E-state index is 13.1. The maximum Gasteiger partial charge on any atom is 0.228 e. The van der Waals surface area contributed by atoms with Gasteiger partial charge in [-0.3, -0.25) is 4.79 Å². The van der Waals surface area contributed by atoms with Gasteiger partial charge in [0.2, 0.25) is 5.91 Å². The summed E-state index contributed by atoms with van der Waals surface area (Å²) in [5.74, 6) is 0.997. The molecule has 0 bridgehead atoms. The molecule has 1 aliphatic heterocycles. The molecule has 1 aliphatic rings. The molecular weight excluding hydrogens is 328 g/mol. The predicted molar refractivity (Wildman–Crippen MR) is 103 cm³/mol. The molecular formula is C20H30N4O2. The largest absolute Gasteiger partial charge is 0.385 e. The lowest BCUT2D eigenvalue weighted by Crippen LogP contribution is -2.44. The van der Waals surface area contributed by atoms with Gasteiger partial charge in [-0.1, -0.05) is 12.1 Å². The van der Waals surface area contributed by atoms with Gasteiger partial charge in [-0.25, -0.2) is 4.98 Å². The number of hydrogen-bond acceptors (Lipinski definition) is 4. The first-order chi connectivity index (χ1) is 12.5. The van der Waals surface area contributed by atoms with Crippen molar-refractivity contribution in [3.63, 3.8) is 0 Å². The lowest BCUT2D eigenvalue weighted by Gasteiger charge is -2.29. The van der Waals surface area contributed by atoms with Gasteiger partial charge in [0.1, 0.15) is 5.82 Å². The number of carbonyl (C=O) groups is 1. The molecule has 1 aromatic carbocycles. The Balaban J connectivity index is 1.85. The molecule has 0 aliphatic carbocycles. The van der Waals surface area contributed by atoms with Gasteiger partial charge in [-0.2, -0.15) is 0 Å². The molecule has 1 fully saturated rings. The van der Waals surface area contributed by atoms with Crippen LogP contribution in [-0.4, -0.2) is 42.3 Å². The Labute approximate surface area is 155 Å². The van der Waals surface area contributed by atoms with Crippen molar-refractivity contribution in [2.24, 2.45) is 5.41 Å². The molecule has 142 valence electrons. The monoisotopic (exact) mass is 358 g/mol. The number of rotatable bonds is 7. The van der Waals surface area contributed by atoms with Crippen LogP contribution in [0.4, 0.5) is 0 Å². The van der Waals surface area contributed by atoms with Crippen molar-refractivity contribution in [1.82, 2.24) is 20.2 Å². The second-order valence-corrected chi connectivity index (χ2v) is 7.57. The number of aromatic nitrogens is 2. The second-order valence-electron chi connectivity index (χ2n) is 7.57. The standard InChI is InChI=1S/C20H30N4O2/c1-14(2)24-17-8-6-5-7-16(17)23-18(24)15(3)22-19(25)20(10-12-26-4)9-11-21-13-20/h5-8,14-15,21H,9-13H2,1-4H3,(H,22,25). The summed E-state index contributed by atoms with van der Waals surface area (Å²) >= 11 is 0. The fraction of sp³-hybridized carbons (Fsp3) is 0.600. The molecule has 2 aromatic rings. The molecule has 0 radical (unpaired) electrons. The van der Waals surface area contributed by atoms with Crippen LogP contribution < -0.4 is 10.6 Å². The van der Waals surface area contributed by atoms with E-state index in [4.69, 9.17) is 9.72 Å². The minimum Gasteiger partial charge on any atom is -0.385 e. The van der Waals surface area contributed by atoms with Gasteiger partial charge in [0.25, 0.3) is 0 Å². The highest BCUT2D eigenvalue weighted by atomic mass is 16.5. The van der Waals surface area contributed by atoms with Gasteiger partial charge < -0.3 is 19.9 Å². The third-order valence-corrected chi connectivity index (χ3v) is 5.38. The quantitative estimate of drug-likeness (QED) is 0.799. The van der Waals surface area contributed by atoms with Crippen molar-refractivity contribution < 1.29 is 9.53 Å². The van der Waals surface area contributed by atoms with Crippen LogP contribution >= 0.6 is 0 Å². The van der Waals surface area contributed by atoms with E-state index in [-0.39, 0.29) is 23.4 Å². The fourth-order valence-corrected chi connectivity index (χ4v) is 3.89. The van der Waals surface area contributed by atoms with Gasteiger partial charge in [0.15, 0.2) is 0 Å². The summed E-state index contributed by atoms with van der Waals surface area (Å²) in [4.78, 5) is 17.9. The lowest BCUT2D eigenvalue weighted by atomic mass is 9.82. The summed E-state index contributed by atoms with van der Waals surface area (Å²) in [5, 5.41) is 6.56. The Kier molecular flexibility index (Phi) is 5.63. The molecule has 2 N–H and O–H groups in total. The number of nitrogens with zero attached hydrogens (tertiary/aromatic N) is 2. The zero-order valence-electron chi connectivity index (χ0n) is 16.2. The molecule has 0 saturated carbocycles. The normalized spacial score (nSPS) is 21.4. The number of imidazole rings is 1. The van der Waals surface area contributed by atoms with Crippen LogP contribution in [0.1, 0.15) is 51.5 Å². The summed E-state index contributed by atoms with van der Waals surface area (Å²) in [6.07, 6.45) is 1.57. The number of nitrogens with one attached hydrogen (secondary N) is 2. The van der Waals surface area contributed by atoms with E-state index in [2.05, 4.69) is 35.1 Å². The molecule has 2 unspecified atom stereocenters. The zero-order valence-corrected chi connectivity index (χ0v) is 16.2. The summed E-state index contributed by atoms with van der Waals surface area (Å²) in [5.41, 5.74) is 1.68. The molecule has 6 heteroatoms. The predicted octanol–water partition coefficient (Wildman–Crippen LogP) is 2.81. The lowest BCUT2D eigenvalue weighted by molar-refractivity contribution is -0.131. The minimum atomic E-state index is -0.390. The second kappa shape index (κ2) is 7.76. The van der Waals surface area contributed by atoms with Gasteiger partial charge in [-0.05, 0) is 52.3 Å². The van der Waals surface area contributed by atoms with Crippen LogP contribution in [0.2, 0.25) is 0 Å². The number of para-hydroxylation sites is 2. The Bertz CT molecular complexity index is 762. The van der Waals surface area contributed by atoms with Crippen LogP contribution in [0.3, 0.4) is 0 Å². The topological polar surface area (TPSA) is 68.2 Å². The first-order valence-electron chi connectivity index (χ1n) is 9.46. The van der Waals surface area contributed by atoms with Gasteiger partial charge in [-0.15, -0.1) is 0 Å². The highest BCUT2D eigenvalue weighted by Crippen LogP contribution is 2.32. The Morgan fingerprint density at radius 3 is 2.81 bits per heavy atom. The van der Waals surface area contributed by atoms with Crippen LogP contribution in [0.25, 0.3) is 11.0 Å². The van der Waals surface area contributed by atoms with Crippen LogP contribution in [0, 0.1) is 5.41 Å². The summed E-state index contributed by atoms with van der Waals surface area (Å²) in [6.45, 7) is 8.48. The van der Waals surface area contributed by atoms with E-state index in [0.717, 1.165) is 36.2 Å². The van der Waals surface area contributed by atoms with E-state index in [1.54, 1.807) is 7.11 Å². The average molecular weight is 358 g/mol. The molecule has 1 saturated heterocycles. The summed E-state index contributed by atoms with van der Waals surface area (Å²) < 4.78 is 7.45. The molecule has 2 heterocycles. The van der Waals surface area contributed by atoms with E-state index >= 15 is 0 Å². The SMILES string of the molecule is COCCC1(C(=O)NC(C)c2nc3ccccc3n2C(C)C)CCNC1. The number of benzene rings is 1. The molecule has 6 nitrogen and oxygen atoms in total. The van der Waals surface area contributed by atoms with E-state index in [1.165, 1.54) is 0 Å². The van der Waals surface area contributed by atoms with Crippen LogP contribution in [-0.2, 0) is 9.53 Å². The highest BCUT2D eigenvalue weighted by molar-refractivity contribution is 5.84. The van der Waals surface area contributed by atoms with Crippen molar-refractivity contribution in [3.05, 3.63) is 30.1 Å². The number of amides is 1. The molecule has 3 rings (SSSR count). The van der Waals surface area contributed by atoms with Crippen molar-refractivity contribution in [2.45, 2.75) is 45.7 Å². The van der Waals surface area contributed by atoms with Crippen LogP contribution in [0.5, 0.6) is 0 Å². The van der Waals surface area contributed by atoms with E-state index in [0.29, 0.717) is 13.2 Å². The molecule has 2 atom stereocenters. The number of ether oxygens (including phenoxy) is 1. The van der Waals surface area contributed by atoms with Gasteiger partial charge >= 0.3 is 0 Å². The molecule has 0 spiro atoms. The number of methoxy groups -OCH3 is 1. The van der Waals surface area contributed by atoms with Crippen LogP contribution in [0.15, 0.2) is 24.3 Å². The first-order valence-corrected chi connectivity index (χ1v) is 9.46. The third-order valence-electron chi connectivity index (χ3n) is 5.38. The van der Waals surface area contributed by atoms with E-state index < -0.39 is 0 Å². The van der Waals surface area contributed by atoms with Crippen molar-refractivity contribution in [3.8, 4) is 0 Å². The van der Waals surface area contributed by atoms with Crippen molar-refractivity contribution >= 4 is 16.9 Å². The van der Waals surface area contributed by atoms with Gasteiger partial charge in [0.05, 0.1) is 22.5 Å². The molecule has 1 amide bonds. The van der Waals surface area contributed by atoms with E-state index in [9.17, 15) is 4.79 Å². The third kappa shape index (κ3) is 3.48. The fourth-order valence-electron chi connectivity index (χ4n) is 3.89. The number of hydrogen-bond donors (Lipinski definition) is 2. The Morgan fingerprint density at radius 2 is 2.15 bits per heavy atom. The van der Waals surface area contributed by atoms with Crippen molar-refractivity contribution in [2.75, 3.05) is 26.8 Å². The molecule has 1 aromatic heterocycles. The summed E-state index contributed by atoms with van der Waals surface area (Å²) in [7, 11) is 1.68. The zero-order chi connectivity index (χ0) is 18.7. The maximum absolute atomic E-state index is 13.1. The average Bonchev–Trinajstić information content (AvgIpc) is 3.25. The summed E-state index contributed by atoms with van der Waals surface area (Å²) in [6, 6.07) is 8.25. The first kappa shape index (κ1) is 18.9. The Hall–Kier alpha value is -1.92. The van der Waals surface area contributed by atoms with E-state index in [1.807, 2.05) is 25.1 Å². The smallest absolute Gasteiger partial charge is 0.228 e. The number of carbonyl (C=O) groups excluding carboxylic acids is 1. The van der Waals surface area contributed by atoms with Crippen molar-refractivity contribution in [1.29, 1.82) is 0 Å². The highest BCUT2D eigenvalue weighted by Gasteiger charge is 2.41. The Morgan fingerprint density at radius 1 is 1.38 bits per heavy atom. The van der Waals surface area contributed by atoms with Gasteiger partial charge in [0, 0.05) is 26.3 Å². The molecule has 26 heavy (non-hydrogen) atoms. The number of fused-ring (bicyclic) bond motifs is 1.